The lowest BCUT2D eigenvalue weighted by atomic mass is 9.77. The van der Waals surface area contributed by atoms with Crippen LogP contribution < -0.4 is 5.43 Å². The first-order valence-electron chi connectivity index (χ1n) is 5.23. The summed E-state index contributed by atoms with van der Waals surface area (Å²) in [6.45, 7) is 8.90. The zero-order chi connectivity index (χ0) is 11.1. The predicted molar refractivity (Wildman–Crippen MR) is 60.7 cm³/mol. The first-order valence-corrected chi connectivity index (χ1v) is 5.23. The maximum absolute atomic E-state index is 5.91. The standard InChI is InChI=1S/C10H17BN2O2/c1-9(2)10(3,4)15-11(14-9)8-5-6-12-13-7-8/h5-6,13H,7H2,1-4H3. The summed E-state index contributed by atoms with van der Waals surface area (Å²) in [7, 11) is -0.255. The van der Waals surface area contributed by atoms with Gasteiger partial charge < -0.3 is 14.7 Å². The van der Waals surface area contributed by atoms with Crippen LogP contribution in [-0.4, -0.2) is 31.1 Å². The third-order valence-electron chi connectivity index (χ3n) is 3.29. The van der Waals surface area contributed by atoms with E-state index in [4.69, 9.17) is 9.31 Å². The van der Waals surface area contributed by atoms with Crippen LogP contribution >= 0.6 is 0 Å². The maximum Gasteiger partial charge on any atom is 0.492 e. The predicted octanol–water partition coefficient (Wildman–Crippen LogP) is 1.13. The maximum atomic E-state index is 5.91. The second kappa shape index (κ2) is 3.35. The summed E-state index contributed by atoms with van der Waals surface area (Å²) in [5.41, 5.74) is 3.45. The minimum atomic E-state index is -0.271. The van der Waals surface area contributed by atoms with Crippen LogP contribution in [0.15, 0.2) is 16.6 Å². The minimum Gasteiger partial charge on any atom is -0.400 e. The van der Waals surface area contributed by atoms with E-state index in [0.717, 1.165) is 5.47 Å². The lowest BCUT2D eigenvalue weighted by Gasteiger charge is -2.32. The summed E-state index contributed by atoms with van der Waals surface area (Å²) in [5.74, 6) is 0. The second-order valence-electron chi connectivity index (χ2n) is 4.94. The Hall–Kier alpha value is -0.805. The molecule has 0 aromatic rings. The number of nitrogens with zero attached hydrogens (tertiary/aromatic N) is 1. The zero-order valence-corrected chi connectivity index (χ0v) is 9.70. The van der Waals surface area contributed by atoms with Gasteiger partial charge in [-0.25, -0.2) is 0 Å². The van der Waals surface area contributed by atoms with E-state index in [1.165, 1.54) is 0 Å². The molecular weight excluding hydrogens is 191 g/mol. The summed E-state index contributed by atoms with van der Waals surface area (Å²) < 4.78 is 11.8. The van der Waals surface area contributed by atoms with Gasteiger partial charge in [-0.2, -0.15) is 5.10 Å². The molecule has 0 spiro atoms. The second-order valence-corrected chi connectivity index (χ2v) is 4.94. The topological polar surface area (TPSA) is 42.8 Å². The normalized spacial score (nSPS) is 27.5. The fourth-order valence-corrected chi connectivity index (χ4v) is 1.54. The van der Waals surface area contributed by atoms with Gasteiger partial charge in [-0.15, -0.1) is 0 Å². The molecule has 0 aliphatic carbocycles. The Balaban J connectivity index is 2.15. The molecule has 2 aliphatic heterocycles. The average molecular weight is 208 g/mol. The molecule has 0 bridgehead atoms. The molecule has 1 fully saturated rings. The highest BCUT2D eigenvalue weighted by molar-refractivity contribution is 6.55. The Morgan fingerprint density at radius 2 is 1.87 bits per heavy atom. The number of nitrogens with one attached hydrogen (secondary N) is 1. The molecule has 4 nitrogen and oxygen atoms in total. The molecule has 2 rings (SSSR count). The van der Waals surface area contributed by atoms with E-state index in [0.29, 0.717) is 6.54 Å². The van der Waals surface area contributed by atoms with Crippen molar-refractivity contribution in [3.05, 3.63) is 11.5 Å². The molecule has 2 heterocycles. The van der Waals surface area contributed by atoms with Gasteiger partial charge in [-0.3, -0.25) is 0 Å². The molecule has 0 radical (unpaired) electrons. The van der Waals surface area contributed by atoms with Crippen molar-refractivity contribution in [2.75, 3.05) is 6.54 Å². The van der Waals surface area contributed by atoms with Crippen molar-refractivity contribution in [3.8, 4) is 0 Å². The highest BCUT2D eigenvalue weighted by atomic mass is 16.7. The number of hydrogen-bond acceptors (Lipinski definition) is 4. The van der Waals surface area contributed by atoms with E-state index in [2.05, 4.69) is 38.2 Å². The minimum absolute atomic E-state index is 0.255. The van der Waals surface area contributed by atoms with Crippen LogP contribution in [-0.2, 0) is 9.31 Å². The molecule has 1 N–H and O–H groups in total. The van der Waals surface area contributed by atoms with Crippen molar-refractivity contribution in [2.45, 2.75) is 38.9 Å². The van der Waals surface area contributed by atoms with E-state index < -0.39 is 0 Å². The van der Waals surface area contributed by atoms with Gasteiger partial charge in [0, 0.05) is 6.21 Å². The molecule has 2 aliphatic rings. The lowest BCUT2D eigenvalue weighted by Crippen LogP contribution is -2.41. The number of allylic oxidation sites excluding steroid dienone is 1. The Bertz CT molecular complexity index is 307. The summed E-state index contributed by atoms with van der Waals surface area (Å²) in [6.07, 6.45) is 3.67. The molecule has 0 unspecified atom stereocenters. The lowest BCUT2D eigenvalue weighted by molar-refractivity contribution is 0.00578. The van der Waals surface area contributed by atoms with Gasteiger partial charge in [-0.1, -0.05) is 0 Å². The molecule has 0 aromatic heterocycles. The third-order valence-corrected chi connectivity index (χ3v) is 3.29. The fraction of sp³-hybridized carbons (Fsp3) is 0.700. The first kappa shape index (κ1) is 10.7. The molecule has 0 aromatic carbocycles. The van der Waals surface area contributed by atoms with Crippen LogP contribution in [0, 0.1) is 0 Å². The quantitative estimate of drug-likeness (QED) is 0.657. The molecule has 0 saturated carbocycles. The third kappa shape index (κ3) is 1.81. The molecule has 15 heavy (non-hydrogen) atoms. The van der Waals surface area contributed by atoms with Crippen molar-refractivity contribution in [1.29, 1.82) is 0 Å². The summed E-state index contributed by atoms with van der Waals surface area (Å²) in [5, 5.41) is 3.91. The molecule has 82 valence electrons. The van der Waals surface area contributed by atoms with Crippen LogP contribution in [0.4, 0.5) is 0 Å². The molecule has 1 saturated heterocycles. The van der Waals surface area contributed by atoms with E-state index in [9.17, 15) is 0 Å². The van der Waals surface area contributed by atoms with Crippen molar-refractivity contribution >= 4 is 13.3 Å². The number of rotatable bonds is 1. The van der Waals surface area contributed by atoms with Crippen LogP contribution in [0.25, 0.3) is 0 Å². The van der Waals surface area contributed by atoms with Gasteiger partial charge >= 0.3 is 7.12 Å². The molecule has 0 amide bonds. The monoisotopic (exact) mass is 208 g/mol. The first-order chi connectivity index (χ1) is 6.92. The highest BCUT2D eigenvalue weighted by Crippen LogP contribution is 2.38. The van der Waals surface area contributed by atoms with Gasteiger partial charge in [0.1, 0.15) is 0 Å². The van der Waals surface area contributed by atoms with Crippen LogP contribution in [0.1, 0.15) is 27.7 Å². The smallest absolute Gasteiger partial charge is 0.400 e. The number of hydrogen-bond donors (Lipinski definition) is 1. The SMILES string of the molecule is CC1(C)OB(C2=CC=NNC2)OC1(C)C. The zero-order valence-electron chi connectivity index (χ0n) is 9.70. The summed E-state index contributed by atoms with van der Waals surface area (Å²) >= 11 is 0. The Labute approximate surface area is 90.9 Å². The van der Waals surface area contributed by atoms with Crippen LogP contribution in [0.3, 0.4) is 0 Å². The Morgan fingerprint density at radius 3 is 2.33 bits per heavy atom. The van der Waals surface area contributed by atoms with E-state index in [1.54, 1.807) is 6.21 Å². The molecule has 0 atom stereocenters. The van der Waals surface area contributed by atoms with Crippen molar-refractivity contribution < 1.29 is 9.31 Å². The van der Waals surface area contributed by atoms with Crippen molar-refractivity contribution in [1.82, 2.24) is 5.43 Å². The van der Waals surface area contributed by atoms with Crippen molar-refractivity contribution in [2.24, 2.45) is 5.10 Å². The largest absolute Gasteiger partial charge is 0.492 e. The summed E-state index contributed by atoms with van der Waals surface area (Å²) in [4.78, 5) is 0. The van der Waals surface area contributed by atoms with Crippen LogP contribution in [0.2, 0.25) is 0 Å². The van der Waals surface area contributed by atoms with Crippen molar-refractivity contribution in [3.63, 3.8) is 0 Å². The van der Waals surface area contributed by atoms with Gasteiger partial charge in [0.15, 0.2) is 0 Å². The fourth-order valence-electron chi connectivity index (χ4n) is 1.54. The van der Waals surface area contributed by atoms with E-state index in [1.807, 2.05) is 6.08 Å². The average Bonchev–Trinajstić information content (AvgIpc) is 2.38. The Kier molecular flexibility index (Phi) is 2.39. The molecular formula is C10H17BN2O2. The highest BCUT2D eigenvalue weighted by Gasteiger charge is 2.52. The van der Waals surface area contributed by atoms with E-state index >= 15 is 0 Å². The Morgan fingerprint density at radius 1 is 1.27 bits per heavy atom. The number of hydrazone groups is 1. The summed E-state index contributed by atoms with van der Waals surface area (Å²) in [6, 6.07) is 0. The van der Waals surface area contributed by atoms with E-state index in [-0.39, 0.29) is 18.3 Å². The van der Waals surface area contributed by atoms with Crippen LogP contribution in [0.5, 0.6) is 0 Å². The van der Waals surface area contributed by atoms with Gasteiger partial charge in [0.2, 0.25) is 0 Å². The molecule has 5 heteroatoms. The van der Waals surface area contributed by atoms with Gasteiger partial charge in [0.25, 0.3) is 0 Å². The van der Waals surface area contributed by atoms with Gasteiger partial charge in [-0.05, 0) is 39.2 Å². The van der Waals surface area contributed by atoms with Gasteiger partial charge in [0.05, 0.1) is 17.7 Å².